The van der Waals surface area contributed by atoms with Gasteiger partial charge in [0.25, 0.3) is 0 Å². The standard InChI is InChI=1S/C14H20O7/c15-6-14(21,7-4-2-1-3-5-7)8-9(16)11(18)13(20)12(19)10(8)17/h7,15-21H,1-6H2. The zero-order valence-electron chi connectivity index (χ0n) is 11.5. The van der Waals surface area contributed by atoms with Gasteiger partial charge in [0, 0.05) is 0 Å². The maximum absolute atomic E-state index is 10.7. The number of phenolic OH excluding ortho intramolecular Hbond substituents is 5. The van der Waals surface area contributed by atoms with Gasteiger partial charge < -0.3 is 35.7 Å². The van der Waals surface area contributed by atoms with Gasteiger partial charge in [-0.3, -0.25) is 0 Å². The minimum absolute atomic E-state index is 0.448. The molecule has 21 heavy (non-hydrogen) atoms. The predicted molar refractivity (Wildman–Crippen MR) is 72.3 cm³/mol. The van der Waals surface area contributed by atoms with E-state index in [4.69, 9.17) is 0 Å². The van der Waals surface area contributed by atoms with Crippen molar-refractivity contribution in [2.24, 2.45) is 5.92 Å². The fourth-order valence-corrected chi connectivity index (χ4v) is 3.09. The van der Waals surface area contributed by atoms with Crippen molar-refractivity contribution in [2.75, 3.05) is 6.61 Å². The third-order valence-electron chi connectivity index (χ3n) is 4.33. The van der Waals surface area contributed by atoms with E-state index in [1.54, 1.807) is 0 Å². The summed E-state index contributed by atoms with van der Waals surface area (Å²) in [4.78, 5) is 0. The minimum Gasteiger partial charge on any atom is -0.504 e. The average molecular weight is 300 g/mol. The Kier molecular flexibility index (Phi) is 4.06. The highest BCUT2D eigenvalue weighted by atomic mass is 16.4. The SMILES string of the molecule is OCC(O)(c1c(O)c(O)c(O)c(O)c1O)C1CCCCC1. The Morgan fingerprint density at radius 1 is 0.762 bits per heavy atom. The van der Waals surface area contributed by atoms with Crippen LogP contribution in [0.1, 0.15) is 37.7 Å². The third kappa shape index (κ3) is 2.32. The van der Waals surface area contributed by atoms with Crippen LogP contribution in [0, 0.1) is 5.92 Å². The van der Waals surface area contributed by atoms with Crippen LogP contribution in [0.4, 0.5) is 0 Å². The van der Waals surface area contributed by atoms with Crippen molar-refractivity contribution in [3.05, 3.63) is 5.56 Å². The first-order valence-corrected chi connectivity index (χ1v) is 6.87. The Balaban J connectivity index is 2.61. The van der Waals surface area contributed by atoms with Crippen LogP contribution >= 0.6 is 0 Å². The summed E-state index contributed by atoms with van der Waals surface area (Å²) in [5, 5.41) is 68.7. The summed E-state index contributed by atoms with van der Waals surface area (Å²) in [5.41, 5.74) is -2.58. The Labute approximate surface area is 121 Å². The van der Waals surface area contributed by atoms with E-state index in [-0.39, 0.29) is 0 Å². The molecule has 7 N–H and O–H groups in total. The number of aliphatic hydroxyl groups is 2. The summed E-state index contributed by atoms with van der Waals surface area (Å²) in [6.45, 7) is -0.803. The molecule has 0 radical (unpaired) electrons. The molecule has 1 aliphatic rings. The van der Waals surface area contributed by atoms with Gasteiger partial charge in [-0.15, -0.1) is 0 Å². The van der Waals surface area contributed by atoms with E-state index < -0.39 is 52.4 Å². The molecule has 0 spiro atoms. The zero-order chi connectivity index (χ0) is 15.8. The summed E-state index contributed by atoms with van der Waals surface area (Å²) >= 11 is 0. The molecule has 1 unspecified atom stereocenters. The van der Waals surface area contributed by atoms with E-state index >= 15 is 0 Å². The molecule has 1 saturated carbocycles. The van der Waals surface area contributed by atoms with Gasteiger partial charge in [-0.2, -0.15) is 0 Å². The third-order valence-corrected chi connectivity index (χ3v) is 4.33. The molecule has 7 heteroatoms. The van der Waals surface area contributed by atoms with Gasteiger partial charge in [-0.05, 0) is 18.8 Å². The fraction of sp³-hybridized carbons (Fsp3) is 0.571. The molecule has 0 saturated heterocycles. The molecular weight excluding hydrogens is 280 g/mol. The molecule has 2 rings (SSSR count). The molecule has 0 bridgehead atoms. The summed E-state index contributed by atoms with van der Waals surface area (Å²) < 4.78 is 0. The number of phenols is 5. The van der Waals surface area contributed by atoms with Crippen LogP contribution in [-0.4, -0.2) is 42.4 Å². The van der Waals surface area contributed by atoms with Gasteiger partial charge in [-0.1, -0.05) is 19.3 Å². The smallest absolute Gasteiger partial charge is 0.208 e. The van der Waals surface area contributed by atoms with Gasteiger partial charge >= 0.3 is 0 Å². The van der Waals surface area contributed by atoms with Crippen molar-refractivity contribution in [2.45, 2.75) is 37.7 Å². The molecule has 0 aliphatic heterocycles. The molecule has 0 aromatic heterocycles. The number of hydrogen-bond acceptors (Lipinski definition) is 7. The summed E-state index contributed by atoms with van der Waals surface area (Å²) in [7, 11) is 0. The molecule has 0 heterocycles. The van der Waals surface area contributed by atoms with Crippen molar-refractivity contribution < 1.29 is 35.7 Å². The first-order chi connectivity index (χ1) is 9.84. The van der Waals surface area contributed by atoms with Crippen LogP contribution in [-0.2, 0) is 5.60 Å². The van der Waals surface area contributed by atoms with Crippen molar-refractivity contribution in [1.82, 2.24) is 0 Å². The molecule has 1 atom stereocenters. The molecule has 1 fully saturated rings. The average Bonchev–Trinajstić information content (AvgIpc) is 2.51. The minimum atomic E-state index is -2.02. The quantitative estimate of drug-likeness (QED) is 0.326. The van der Waals surface area contributed by atoms with Gasteiger partial charge in [0.05, 0.1) is 12.2 Å². The lowest BCUT2D eigenvalue weighted by molar-refractivity contribution is -0.0817. The normalized spacial score (nSPS) is 19.3. The molecule has 7 nitrogen and oxygen atoms in total. The van der Waals surface area contributed by atoms with E-state index in [9.17, 15) is 35.7 Å². The Morgan fingerprint density at radius 2 is 1.19 bits per heavy atom. The van der Waals surface area contributed by atoms with Gasteiger partial charge in [0.2, 0.25) is 17.2 Å². The number of aromatic hydroxyl groups is 5. The first-order valence-electron chi connectivity index (χ1n) is 6.87. The fourth-order valence-electron chi connectivity index (χ4n) is 3.09. The Bertz CT molecular complexity index is 508. The highest BCUT2D eigenvalue weighted by molar-refractivity contribution is 5.69. The monoisotopic (exact) mass is 300 g/mol. The van der Waals surface area contributed by atoms with E-state index in [1.807, 2.05) is 0 Å². The molecule has 0 amide bonds. The maximum Gasteiger partial charge on any atom is 0.208 e. The Morgan fingerprint density at radius 3 is 1.62 bits per heavy atom. The van der Waals surface area contributed by atoms with Crippen LogP contribution < -0.4 is 0 Å². The largest absolute Gasteiger partial charge is 0.504 e. The molecule has 1 aromatic rings. The van der Waals surface area contributed by atoms with Crippen LogP contribution in [0.25, 0.3) is 0 Å². The number of aliphatic hydroxyl groups excluding tert-OH is 1. The van der Waals surface area contributed by atoms with E-state index in [1.165, 1.54) is 0 Å². The molecular formula is C14H20O7. The summed E-state index contributed by atoms with van der Waals surface area (Å²) in [5.74, 6) is -5.55. The molecule has 1 aromatic carbocycles. The molecule has 1 aliphatic carbocycles. The highest BCUT2D eigenvalue weighted by Crippen LogP contribution is 2.56. The zero-order valence-corrected chi connectivity index (χ0v) is 11.5. The second-order valence-electron chi connectivity index (χ2n) is 5.54. The van der Waals surface area contributed by atoms with Crippen molar-refractivity contribution in [1.29, 1.82) is 0 Å². The van der Waals surface area contributed by atoms with Crippen LogP contribution in [0.15, 0.2) is 0 Å². The highest BCUT2D eigenvalue weighted by Gasteiger charge is 2.44. The van der Waals surface area contributed by atoms with Crippen molar-refractivity contribution in [3.8, 4) is 28.7 Å². The van der Waals surface area contributed by atoms with Crippen molar-refractivity contribution in [3.63, 3.8) is 0 Å². The first kappa shape index (κ1) is 15.5. The number of rotatable bonds is 3. The Hall–Kier alpha value is -1.86. The lowest BCUT2D eigenvalue weighted by Crippen LogP contribution is -2.40. The number of hydrogen-bond donors (Lipinski definition) is 7. The summed E-state index contributed by atoms with van der Waals surface area (Å²) in [6, 6.07) is 0. The van der Waals surface area contributed by atoms with Gasteiger partial charge in [0.1, 0.15) is 5.60 Å². The van der Waals surface area contributed by atoms with Gasteiger partial charge in [0.15, 0.2) is 11.5 Å². The number of benzene rings is 1. The topological polar surface area (TPSA) is 142 Å². The van der Waals surface area contributed by atoms with Crippen LogP contribution in [0.2, 0.25) is 0 Å². The van der Waals surface area contributed by atoms with E-state index in [0.29, 0.717) is 12.8 Å². The van der Waals surface area contributed by atoms with Crippen LogP contribution in [0.3, 0.4) is 0 Å². The van der Waals surface area contributed by atoms with Crippen molar-refractivity contribution >= 4 is 0 Å². The molecule has 118 valence electrons. The van der Waals surface area contributed by atoms with E-state index in [0.717, 1.165) is 19.3 Å². The van der Waals surface area contributed by atoms with Gasteiger partial charge in [-0.25, -0.2) is 0 Å². The second kappa shape index (κ2) is 5.50. The van der Waals surface area contributed by atoms with E-state index in [2.05, 4.69) is 0 Å². The second-order valence-corrected chi connectivity index (χ2v) is 5.54. The lowest BCUT2D eigenvalue weighted by Gasteiger charge is -2.38. The van der Waals surface area contributed by atoms with Crippen LogP contribution in [0.5, 0.6) is 28.7 Å². The summed E-state index contributed by atoms with van der Waals surface area (Å²) in [6.07, 6.45) is 3.77. The maximum atomic E-state index is 10.7. The lowest BCUT2D eigenvalue weighted by atomic mass is 9.73. The predicted octanol–water partition coefficient (Wildman–Crippen LogP) is 0.975.